The number of oxazole rings is 1. The molecule has 2 aliphatic heterocycles. The second-order valence-electron chi connectivity index (χ2n) is 8.69. The number of aromatic nitrogens is 1. The molecule has 2 aliphatic rings. The standard InChI is InChI=1S/C21H26N2O4/c1-21(2,3)27-20(25)23-15-5-4-6-16(23)10-14(9-15)19(24)13-7-8-18-17(11-13)22-12-26-18/h7-8,11-12,14-16H,4-6,9-10H2,1-3H3. The molecule has 27 heavy (non-hydrogen) atoms. The fraction of sp³-hybridized carbons (Fsp3) is 0.571. The van der Waals surface area contributed by atoms with Crippen molar-refractivity contribution in [3.05, 3.63) is 30.2 Å². The van der Waals surface area contributed by atoms with E-state index in [4.69, 9.17) is 9.15 Å². The highest BCUT2D eigenvalue weighted by Crippen LogP contribution is 2.39. The molecule has 2 bridgehead atoms. The normalized spacial score (nSPS) is 25.4. The van der Waals surface area contributed by atoms with Crippen molar-refractivity contribution in [1.29, 1.82) is 0 Å². The van der Waals surface area contributed by atoms with E-state index in [1.807, 2.05) is 31.7 Å². The van der Waals surface area contributed by atoms with Crippen LogP contribution < -0.4 is 0 Å². The fourth-order valence-corrected chi connectivity index (χ4v) is 4.45. The van der Waals surface area contributed by atoms with Crippen molar-refractivity contribution < 1.29 is 18.7 Å². The number of benzene rings is 1. The highest BCUT2D eigenvalue weighted by Gasteiger charge is 2.44. The second-order valence-corrected chi connectivity index (χ2v) is 8.69. The van der Waals surface area contributed by atoms with Gasteiger partial charge in [0, 0.05) is 23.6 Å². The SMILES string of the molecule is CC(C)(C)OC(=O)N1C2CCCC1CC(C(=O)c1ccc3ocnc3c1)C2. The molecule has 0 radical (unpaired) electrons. The Kier molecular flexibility index (Phi) is 4.44. The predicted octanol–water partition coefficient (Wildman–Crippen LogP) is 4.58. The van der Waals surface area contributed by atoms with Crippen molar-refractivity contribution in [2.45, 2.75) is 70.6 Å². The number of Topliss-reactive ketones (excluding diaryl/α,β-unsaturated/α-hetero) is 1. The first-order valence-corrected chi connectivity index (χ1v) is 9.70. The average molecular weight is 370 g/mol. The van der Waals surface area contributed by atoms with Crippen molar-refractivity contribution in [3.8, 4) is 0 Å². The summed E-state index contributed by atoms with van der Waals surface area (Å²) >= 11 is 0. The summed E-state index contributed by atoms with van der Waals surface area (Å²) in [4.78, 5) is 31.8. The van der Waals surface area contributed by atoms with Crippen LogP contribution in [0.15, 0.2) is 29.0 Å². The molecule has 3 heterocycles. The summed E-state index contributed by atoms with van der Waals surface area (Å²) in [6.07, 6.45) is 5.51. The van der Waals surface area contributed by atoms with Crippen LogP contribution in [0.25, 0.3) is 11.1 Å². The third-order valence-electron chi connectivity index (χ3n) is 5.56. The quantitative estimate of drug-likeness (QED) is 0.724. The van der Waals surface area contributed by atoms with Crippen molar-refractivity contribution in [2.24, 2.45) is 5.92 Å². The molecule has 0 N–H and O–H groups in total. The zero-order chi connectivity index (χ0) is 19.2. The molecule has 6 heteroatoms. The molecular weight excluding hydrogens is 344 g/mol. The van der Waals surface area contributed by atoms with E-state index in [-0.39, 0.29) is 29.9 Å². The van der Waals surface area contributed by atoms with Crippen molar-refractivity contribution in [1.82, 2.24) is 9.88 Å². The number of hydrogen-bond acceptors (Lipinski definition) is 5. The van der Waals surface area contributed by atoms with Crippen LogP contribution in [0.1, 0.15) is 63.2 Å². The molecule has 0 saturated carbocycles. The predicted molar refractivity (Wildman–Crippen MR) is 101 cm³/mol. The van der Waals surface area contributed by atoms with Crippen LogP contribution in [0, 0.1) is 5.92 Å². The summed E-state index contributed by atoms with van der Waals surface area (Å²) in [6, 6.07) is 5.57. The molecule has 2 aromatic rings. The number of ketones is 1. The largest absolute Gasteiger partial charge is 0.444 e. The maximum atomic E-state index is 13.1. The van der Waals surface area contributed by atoms with Gasteiger partial charge in [-0.15, -0.1) is 0 Å². The van der Waals surface area contributed by atoms with Crippen LogP contribution >= 0.6 is 0 Å². The number of amides is 1. The zero-order valence-electron chi connectivity index (χ0n) is 16.1. The topological polar surface area (TPSA) is 72.6 Å². The number of rotatable bonds is 2. The van der Waals surface area contributed by atoms with Crippen molar-refractivity contribution in [2.75, 3.05) is 0 Å². The van der Waals surface area contributed by atoms with Crippen LogP contribution in [0.5, 0.6) is 0 Å². The van der Waals surface area contributed by atoms with E-state index < -0.39 is 5.60 Å². The Morgan fingerprint density at radius 3 is 2.56 bits per heavy atom. The molecule has 2 atom stereocenters. The van der Waals surface area contributed by atoms with Crippen molar-refractivity contribution in [3.63, 3.8) is 0 Å². The molecule has 1 aromatic heterocycles. The highest BCUT2D eigenvalue weighted by atomic mass is 16.6. The average Bonchev–Trinajstić information content (AvgIpc) is 3.06. The van der Waals surface area contributed by atoms with Gasteiger partial charge in [0.2, 0.25) is 0 Å². The summed E-state index contributed by atoms with van der Waals surface area (Å²) in [7, 11) is 0. The third kappa shape index (κ3) is 3.57. The minimum atomic E-state index is -0.509. The van der Waals surface area contributed by atoms with E-state index in [1.54, 1.807) is 12.1 Å². The maximum Gasteiger partial charge on any atom is 0.410 e. The van der Waals surface area contributed by atoms with Gasteiger partial charge in [-0.3, -0.25) is 4.79 Å². The number of fused-ring (bicyclic) bond motifs is 3. The Labute approximate surface area is 158 Å². The first kappa shape index (κ1) is 18.0. The molecule has 2 unspecified atom stereocenters. The monoisotopic (exact) mass is 370 g/mol. The lowest BCUT2D eigenvalue weighted by molar-refractivity contribution is -0.0260. The molecule has 0 spiro atoms. The smallest absolute Gasteiger partial charge is 0.410 e. The van der Waals surface area contributed by atoms with Gasteiger partial charge >= 0.3 is 6.09 Å². The van der Waals surface area contributed by atoms with Crippen LogP contribution in [0.2, 0.25) is 0 Å². The molecular formula is C21H26N2O4. The number of carbonyl (C=O) groups excluding carboxylic acids is 2. The van der Waals surface area contributed by atoms with Gasteiger partial charge in [0.05, 0.1) is 0 Å². The Hall–Kier alpha value is -2.37. The zero-order valence-corrected chi connectivity index (χ0v) is 16.1. The Morgan fingerprint density at radius 2 is 1.89 bits per heavy atom. The second kappa shape index (κ2) is 6.66. The molecule has 1 amide bonds. The number of carbonyl (C=O) groups is 2. The molecule has 2 saturated heterocycles. The number of hydrogen-bond donors (Lipinski definition) is 0. The van der Waals surface area contributed by atoms with Gasteiger partial charge in [-0.1, -0.05) is 0 Å². The van der Waals surface area contributed by atoms with Crippen LogP contribution in [-0.2, 0) is 4.74 Å². The molecule has 144 valence electrons. The Bertz CT molecular complexity index is 852. The van der Waals surface area contributed by atoms with E-state index in [0.29, 0.717) is 29.5 Å². The summed E-state index contributed by atoms with van der Waals surface area (Å²) in [6.45, 7) is 5.66. The minimum Gasteiger partial charge on any atom is -0.444 e. The Morgan fingerprint density at radius 1 is 1.19 bits per heavy atom. The lowest BCUT2D eigenvalue weighted by Crippen LogP contribution is -2.56. The van der Waals surface area contributed by atoms with E-state index >= 15 is 0 Å². The first-order chi connectivity index (χ1) is 12.8. The maximum absolute atomic E-state index is 13.1. The van der Waals surface area contributed by atoms with Gasteiger partial charge in [0.1, 0.15) is 11.1 Å². The number of ether oxygens (including phenoxy) is 1. The van der Waals surface area contributed by atoms with Crippen LogP contribution in [0.3, 0.4) is 0 Å². The van der Waals surface area contributed by atoms with Gasteiger partial charge < -0.3 is 14.1 Å². The summed E-state index contributed by atoms with van der Waals surface area (Å²) < 4.78 is 10.9. The van der Waals surface area contributed by atoms with Crippen LogP contribution in [-0.4, -0.2) is 39.4 Å². The van der Waals surface area contributed by atoms with E-state index in [9.17, 15) is 9.59 Å². The lowest BCUT2D eigenvalue weighted by Gasteiger charge is -2.48. The summed E-state index contributed by atoms with van der Waals surface area (Å²) in [5.41, 5.74) is 1.55. The van der Waals surface area contributed by atoms with Crippen molar-refractivity contribution >= 4 is 23.0 Å². The van der Waals surface area contributed by atoms with E-state index in [0.717, 1.165) is 19.3 Å². The molecule has 1 aromatic carbocycles. The Balaban J connectivity index is 1.52. The van der Waals surface area contributed by atoms with Gasteiger partial charge in [0.25, 0.3) is 0 Å². The fourth-order valence-electron chi connectivity index (χ4n) is 4.45. The molecule has 2 fully saturated rings. The van der Waals surface area contributed by atoms with E-state index in [2.05, 4.69) is 4.98 Å². The summed E-state index contributed by atoms with van der Waals surface area (Å²) in [5.74, 6) is 0.0731. The minimum absolute atomic E-state index is 0.0664. The molecule has 6 nitrogen and oxygen atoms in total. The van der Waals surface area contributed by atoms with Crippen LogP contribution in [0.4, 0.5) is 4.79 Å². The number of piperidine rings is 2. The van der Waals surface area contributed by atoms with Gasteiger partial charge in [-0.2, -0.15) is 0 Å². The van der Waals surface area contributed by atoms with Gasteiger partial charge in [0.15, 0.2) is 17.8 Å². The van der Waals surface area contributed by atoms with E-state index in [1.165, 1.54) is 6.39 Å². The van der Waals surface area contributed by atoms with Gasteiger partial charge in [-0.25, -0.2) is 9.78 Å². The molecule has 4 rings (SSSR count). The molecule has 0 aliphatic carbocycles. The lowest BCUT2D eigenvalue weighted by atomic mass is 9.76. The summed E-state index contributed by atoms with van der Waals surface area (Å²) in [5, 5.41) is 0. The third-order valence-corrected chi connectivity index (χ3v) is 5.56. The van der Waals surface area contributed by atoms with Gasteiger partial charge in [-0.05, 0) is 71.1 Å². The number of nitrogens with zero attached hydrogens (tertiary/aromatic N) is 2. The first-order valence-electron chi connectivity index (χ1n) is 9.70. The highest BCUT2D eigenvalue weighted by molar-refractivity contribution is 6.00.